The summed E-state index contributed by atoms with van der Waals surface area (Å²) < 4.78 is 5.83. The van der Waals surface area contributed by atoms with Crippen LogP contribution >= 0.6 is 24.0 Å². The van der Waals surface area contributed by atoms with Crippen LogP contribution in [0.3, 0.4) is 0 Å². The monoisotopic (exact) mass is 423 g/mol. The second kappa shape index (κ2) is 6.81. The lowest BCUT2D eigenvalue weighted by atomic mass is 9.57. The van der Waals surface area contributed by atoms with E-state index in [1.165, 1.54) is 0 Å². The van der Waals surface area contributed by atoms with Crippen LogP contribution in [-0.4, -0.2) is 49.0 Å². The highest BCUT2D eigenvalue weighted by Crippen LogP contribution is 2.52. The van der Waals surface area contributed by atoms with Crippen LogP contribution in [0.15, 0.2) is 4.99 Å². The molecule has 1 aliphatic heterocycles. The molecular weight excluding hydrogens is 393 g/mol. The molecule has 0 radical (unpaired) electrons. The van der Waals surface area contributed by atoms with Crippen LogP contribution in [0.5, 0.6) is 0 Å². The van der Waals surface area contributed by atoms with E-state index in [0.717, 1.165) is 44.7 Å². The Balaban J connectivity index is 0.00000176. The molecule has 3 rings (SSSR count). The van der Waals surface area contributed by atoms with Crippen LogP contribution < -0.4 is 10.6 Å². The minimum absolute atomic E-state index is 0. The van der Waals surface area contributed by atoms with E-state index in [4.69, 9.17) is 4.74 Å². The van der Waals surface area contributed by atoms with Crippen molar-refractivity contribution in [1.82, 2.24) is 10.6 Å². The van der Waals surface area contributed by atoms with Gasteiger partial charge in [0.2, 0.25) is 0 Å². The van der Waals surface area contributed by atoms with Gasteiger partial charge in [0.25, 0.3) is 0 Å². The van der Waals surface area contributed by atoms with Crippen LogP contribution in [0.25, 0.3) is 0 Å². The first-order valence-electron chi connectivity index (χ1n) is 8.27. The quantitative estimate of drug-likeness (QED) is 0.369. The molecule has 1 heterocycles. The zero-order valence-corrected chi connectivity index (χ0v) is 16.2. The highest BCUT2D eigenvalue weighted by Gasteiger charge is 2.59. The number of ether oxygens (including phenoxy) is 1. The SMILES string of the molecule is CN=C(NCC1(O)CCCC1)NC1C2CCOC2C1(C)C.I. The van der Waals surface area contributed by atoms with Crippen molar-refractivity contribution < 1.29 is 9.84 Å². The highest BCUT2D eigenvalue weighted by molar-refractivity contribution is 14.0. The number of hydrogen-bond donors (Lipinski definition) is 3. The molecule has 3 unspecified atom stereocenters. The minimum Gasteiger partial charge on any atom is -0.388 e. The first-order chi connectivity index (χ1) is 9.96. The van der Waals surface area contributed by atoms with Gasteiger partial charge in [0.15, 0.2) is 5.96 Å². The maximum Gasteiger partial charge on any atom is 0.191 e. The van der Waals surface area contributed by atoms with Gasteiger partial charge in [0.1, 0.15) is 0 Å². The minimum atomic E-state index is -0.550. The first kappa shape index (κ1) is 18.3. The van der Waals surface area contributed by atoms with Gasteiger partial charge in [-0.05, 0) is 19.3 Å². The van der Waals surface area contributed by atoms with Gasteiger partial charge in [-0.2, -0.15) is 0 Å². The fraction of sp³-hybridized carbons (Fsp3) is 0.938. The van der Waals surface area contributed by atoms with Gasteiger partial charge in [-0.1, -0.05) is 26.7 Å². The molecule has 3 N–H and O–H groups in total. The third-order valence-electron chi connectivity index (χ3n) is 5.74. The van der Waals surface area contributed by atoms with E-state index < -0.39 is 5.60 Å². The highest BCUT2D eigenvalue weighted by atomic mass is 127. The molecule has 0 aromatic heterocycles. The van der Waals surface area contributed by atoms with Crippen LogP contribution in [0.1, 0.15) is 46.0 Å². The summed E-state index contributed by atoms with van der Waals surface area (Å²) in [5, 5.41) is 17.3. The van der Waals surface area contributed by atoms with Crippen LogP contribution in [0.2, 0.25) is 0 Å². The molecule has 0 bridgehead atoms. The predicted octanol–water partition coefficient (Wildman–Crippen LogP) is 1.89. The van der Waals surface area contributed by atoms with E-state index in [1.54, 1.807) is 7.05 Å². The number of nitrogens with zero attached hydrogens (tertiary/aromatic N) is 1. The molecule has 5 nitrogen and oxygen atoms in total. The third-order valence-corrected chi connectivity index (χ3v) is 5.74. The molecule has 1 saturated heterocycles. The maximum absolute atomic E-state index is 10.4. The third kappa shape index (κ3) is 3.24. The van der Waals surface area contributed by atoms with Crippen LogP contribution in [0, 0.1) is 11.3 Å². The first-order valence-corrected chi connectivity index (χ1v) is 8.27. The van der Waals surface area contributed by atoms with Crippen molar-refractivity contribution in [1.29, 1.82) is 0 Å². The topological polar surface area (TPSA) is 65.9 Å². The summed E-state index contributed by atoms with van der Waals surface area (Å²) in [6, 6.07) is 0.398. The van der Waals surface area contributed by atoms with E-state index in [0.29, 0.717) is 24.6 Å². The smallest absolute Gasteiger partial charge is 0.191 e. The van der Waals surface area contributed by atoms with Crippen molar-refractivity contribution >= 4 is 29.9 Å². The van der Waals surface area contributed by atoms with Crippen molar-refractivity contribution in [2.45, 2.75) is 63.7 Å². The van der Waals surface area contributed by atoms with E-state index >= 15 is 0 Å². The Bertz CT molecular complexity index is 422. The Labute approximate surface area is 150 Å². The lowest BCUT2D eigenvalue weighted by Crippen LogP contribution is -2.68. The molecule has 2 saturated carbocycles. The number of aliphatic hydroxyl groups is 1. The molecule has 128 valence electrons. The molecule has 0 aromatic carbocycles. The number of hydrogen-bond acceptors (Lipinski definition) is 3. The van der Waals surface area contributed by atoms with Crippen molar-refractivity contribution in [3.8, 4) is 0 Å². The lowest BCUT2D eigenvalue weighted by Gasteiger charge is -2.55. The number of rotatable bonds is 3. The summed E-state index contributed by atoms with van der Waals surface area (Å²) in [7, 11) is 1.79. The van der Waals surface area contributed by atoms with E-state index in [-0.39, 0.29) is 29.4 Å². The Morgan fingerprint density at radius 1 is 1.32 bits per heavy atom. The van der Waals surface area contributed by atoms with Gasteiger partial charge < -0.3 is 20.5 Å². The Kier molecular flexibility index (Phi) is 5.65. The summed E-state index contributed by atoms with van der Waals surface area (Å²) in [4.78, 5) is 4.32. The second-order valence-electron chi connectivity index (χ2n) is 7.54. The van der Waals surface area contributed by atoms with Gasteiger partial charge in [-0.25, -0.2) is 0 Å². The van der Waals surface area contributed by atoms with Gasteiger partial charge in [0.05, 0.1) is 11.7 Å². The number of fused-ring (bicyclic) bond motifs is 1. The van der Waals surface area contributed by atoms with E-state index in [2.05, 4.69) is 29.5 Å². The van der Waals surface area contributed by atoms with Crippen LogP contribution in [0.4, 0.5) is 0 Å². The van der Waals surface area contributed by atoms with Crippen molar-refractivity contribution in [3.63, 3.8) is 0 Å². The normalized spacial score (nSPS) is 35.3. The fourth-order valence-electron chi connectivity index (χ4n) is 4.42. The molecule has 0 aromatic rings. The van der Waals surface area contributed by atoms with Gasteiger partial charge >= 0.3 is 0 Å². The van der Waals surface area contributed by atoms with Crippen molar-refractivity contribution in [2.75, 3.05) is 20.2 Å². The van der Waals surface area contributed by atoms with Gasteiger partial charge in [-0.3, -0.25) is 4.99 Å². The molecule has 3 fully saturated rings. The summed E-state index contributed by atoms with van der Waals surface area (Å²) in [6.45, 7) is 5.98. The molecule has 6 heteroatoms. The Morgan fingerprint density at radius 3 is 2.64 bits per heavy atom. The summed E-state index contributed by atoms with van der Waals surface area (Å²) in [5.74, 6) is 1.40. The second-order valence-corrected chi connectivity index (χ2v) is 7.54. The summed E-state index contributed by atoms with van der Waals surface area (Å²) in [5.41, 5.74) is -0.408. The predicted molar refractivity (Wildman–Crippen MR) is 98.7 cm³/mol. The number of halogens is 1. The molecule has 0 amide bonds. The average molecular weight is 423 g/mol. The van der Waals surface area contributed by atoms with Crippen molar-refractivity contribution in [3.05, 3.63) is 0 Å². The van der Waals surface area contributed by atoms with Crippen LogP contribution in [-0.2, 0) is 4.74 Å². The molecule has 22 heavy (non-hydrogen) atoms. The lowest BCUT2D eigenvalue weighted by molar-refractivity contribution is -0.106. The zero-order valence-electron chi connectivity index (χ0n) is 13.9. The average Bonchev–Trinajstić information content (AvgIpc) is 3.07. The maximum atomic E-state index is 10.4. The van der Waals surface area contributed by atoms with E-state index in [9.17, 15) is 5.11 Å². The number of aliphatic imine (C=N–C) groups is 1. The number of guanidine groups is 1. The van der Waals surface area contributed by atoms with Crippen molar-refractivity contribution in [2.24, 2.45) is 16.3 Å². The Morgan fingerprint density at radius 2 is 2.00 bits per heavy atom. The summed E-state index contributed by atoms with van der Waals surface area (Å²) >= 11 is 0. The summed E-state index contributed by atoms with van der Waals surface area (Å²) in [6.07, 6.45) is 5.55. The molecule has 0 spiro atoms. The molecular formula is C16H30IN3O2. The van der Waals surface area contributed by atoms with E-state index in [1.807, 2.05) is 0 Å². The fourth-order valence-corrected chi connectivity index (χ4v) is 4.42. The number of nitrogens with one attached hydrogen (secondary N) is 2. The van der Waals surface area contributed by atoms with Gasteiger partial charge in [-0.15, -0.1) is 24.0 Å². The molecule has 2 aliphatic carbocycles. The standard InChI is InChI=1S/C16H29N3O2.HI/c1-15(2)12(11-6-9-21-13(11)15)19-14(17-3)18-10-16(20)7-4-5-8-16;/h11-13,20H,4-10H2,1-3H3,(H2,17,18,19);1H. The Hall–Kier alpha value is -0.0800. The van der Waals surface area contributed by atoms with Gasteiger partial charge in [0, 0.05) is 37.6 Å². The molecule has 3 aliphatic rings. The zero-order chi connectivity index (χ0) is 15.1. The largest absolute Gasteiger partial charge is 0.388 e. The molecule has 3 atom stereocenters.